The van der Waals surface area contributed by atoms with Crippen LogP contribution in [0.1, 0.15) is 18.9 Å². The summed E-state index contributed by atoms with van der Waals surface area (Å²) in [6, 6.07) is 14.9. The van der Waals surface area contributed by atoms with Gasteiger partial charge in [-0.3, -0.25) is 9.59 Å². The summed E-state index contributed by atoms with van der Waals surface area (Å²) in [6.45, 7) is 3.78. The third kappa shape index (κ3) is 5.48. The van der Waals surface area contributed by atoms with Gasteiger partial charge in [-0.05, 0) is 55.0 Å². The number of carbonyl (C=O) groups excluding carboxylic acids is 2. The molecule has 2 aromatic carbocycles. The van der Waals surface area contributed by atoms with Gasteiger partial charge in [-0.25, -0.2) is 4.98 Å². The number of carbonyl (C=O) groups is 2. The molecule has 0 saturated heterocycles. The van der Waals surface area contributed by atoms with Crippen molar-refractivity contribution in [3.05, 3.63) is 54.1 Å². The van der Waals surface area contributed by atoms with Gasteiger partial charge in [0.15, 0.2) is 0 Å². The highest BCUT2D eigenvalue weighted by Crippen LogP contribution is 2.27. The van der Waals surface area contributed by atoms with E-state index < -0.39 is 0 Å². The summed E-state index contributed by atoms with van der Waals surface area (Å²) >= 11 is 1.40. The van der Waals surface area contributed by atoms with Crippen LogP contribution in [-0.2, 0) is 9.59 Å². The number of aromatic nitrogens is 1. The fraction of sp³-hybridized carbons (Fsp3) is 0.227. The number of amides is 2. The van der Waals surface area contributed by atoms with Gasteiger partial charge < -0.3 is 15.4 Å². The molecule has 0 bridgehead atoms. The molecule has 150 valence electrons. The van der Waals surface area contributed by atoms with E-state index in [9.17, 15) is 9.59 Å². The molecule has 7 heteroatoms. The van der Waals surface area contributed by atoms with E-state index in [1.54, 1.807) is 38.3 Å². The predicted octanol–water partition coefficient (Wildman–Crippen LogP) is 4.63. The van der Waals surface area contributed by atoms with E-state index in [1.165, 1.54) is 11.8 Å². The van der Waals surface area contributed by atoms with E-state index in [-0.39, 0.29) is 17.6 Å². The van der Waals surface area contributed by atoms with Gasteiger partial charge in [0.25, 0.3) is 0 Å². The van der Waals surface area contributed by atoms with Crippen LogP contribution in [0.15, 0.2) is 53.6 Å². The first-order valence-electron chi connectivity index (χ1n) is 9.26. The standard InChI is InChI=1S/C22H23N3O3S/c1-4-20(26)23-16-6-8-17(9-7-16)24-21(27)13-29-22-14(2)11-15-5-10-18(28-3)12-19(15)25-22/h5-12H,4,13H2,1-3H3,(H,23,26)(H,24,27). The number of aryl methyl sites for hydroxylation is 1. The summed E-state index contributed by atoms with van der Waals surface area (Å²) in [5.74, 6) is 0.833. The van der Waals surface area contributed by atoms with Gasteiger partial charge in [0.05, 0.1) is 18.4 Å². The van der Waals surface area contributed by atoms with Crippen LogP contribution >= 0.6 is 11.8 Å². The van der Waals surface area contributed by atoms with E-state index in [0.717, 1.165) is 27.2 Å². The van der Waals surface area contributed by atoms with Crippen molar-refractivity contribution in [3.63, 3.8) is 0 Å². The number of anilines is 2. The number of benzene rings is 2. The number of fused-ring (bicyclic) bond motifs is 1. The van der Waals surface area contributed by atoms with Gasteiger partial charge in [-0.2, -0.15) is 0 Å². The lowest BCUT2D eigenvalue weighted by Crippen LogP contribution is -2.14. The minimum Gasteiger partial charge on any atom is -0.497 e. The zero-order valence-electron chi connectivity index (χ0n) is 16.6. The highest BCUT2D eigenvalue weighted by Gasteiger charge is 2.09. The summed E-state index contributed by atoms with van der Waals surface area (Å²) in [7, 11) is 1.62. The maximum atomic E-state index is 12.3. The molecule has 0 unspecified atom stereocenters. The van der Waals surface area contributed by atoms with Crippen molar-refractivity contribution in [1.29, 1.82) is 0 Å². The van der Waals surface area contributed by atoms with Crippen LogP contribution in [0, 0.1) is 6.92 Å². The molecule has 3 aromatic rings. The van der Waals surface area contributed by atoms with Crippen molar-refractivity contribution < 1.29 is 14.3 Å². The van der Waals surface area contributed by atoms with Crippen molar-refractivity contribution in [1.82, 2.24) is 4.98 Å². The van der Waals surface area contributed by atoms with Gasteiger partial charge in [0.2, 0.25) is 11.8 Å². The lowest BCUT2D eigenvalue weighted by Gasteiger charge is -2.09. The molecule has 29 heavy (non-hydrogen) atoms. The van der Waals surface area contributed by atoms with Gasteiger partial charge in [0.1, 0.15) is 10.8 Å². The zero-order valence-corrected chi connectivity index (χ0v) is 17.4. The lowest BCUT2D eigenvalue weighted by molar-refractivity contribution is -0.116. The molecule has 1 heterocycles. The largest absolute Gasteiger partial charge is 0.497 e. The van der Waals surface area contributed by atoms with Crippen LogP contribution in [0.2, 0.25) is 0 Å². The summed E-state index contributed by atoms with van der Waals surface area (Å²) in [5.41, 5.74) is 3.24. The molecule has 0 radical (unpaired) electrons. The number of ether oxygens (including phenoxy) is 1. The second kappa shape index (κ2) is 9.43. The third-order valence-electron chi connectivity index (χ3n) is 4.28. The van der Waals surface area contributed by atoms with Crippen LogP contribution in [0.4, 0.5) is 11.4 Å². The summed E-state index contributed by atoms with van der Waals surface area (Å²) in [6.07, 6.45) is 0.421. The molecule has 2 amide bonds. The topological polar surface area (TPSA) is 80.3 Å². The van der Waals surface area contributed by atoms with E-state index in [2.05, 4.69) is 21.7 Å². The molecule has 6 nitrogen and oxygen atoms in total. The van der Waals surface area contributed by atoms with Gasteiger partial charge in [-0.15, -0.1) is 0 Å². The average molecular weight is 410 g/mol. The van der Waals surface area contributed by atoms with Crippen molar-refractivity contribution in [2.75, 3.05) is 23.5 Å². The molecule has 2 N–H and O–H groups in total. The number of thioether (sulfide) groups is 1. The number of pyridine rings is 1. The Morgan fingerprint density at radius 3 is 2.28 bits per heavy atom. The minimum absolute atomic E-state index is 0.0472. The van der Waals surface area contributed by atoms with E-state index >= 15 is 0 Å². The first-order valence-corrected chi connectivity index (χ1v) is 10.2. The van der Waals surface area contributed by atoms with Crippen molar-refractivity contribution in [2.45, 2.75) is 25.3 Å². The maximum Gasteiger partial charge on any atom is 0.234 e. The Labute approximate surface area is 174 Å². The Morgan fingerprint density at radius 2 is 1.66 bits per heavy atom. The highest BCUT2D eigenvalue weighted by atomic mass is 32.2. The van der Waals surface area contributed by atoms with Gasteiger partial charge >= 0.3 is 0 Å². The molecule has 0 aliphatic rings. The fourth-order valence-electron chi connectivity index (χ4n) is 2.73. The molecule has 3 rings (SSSR count). The molecule has 0 spiro atoms. The SMILES string of the molecule is CCC(=O)Nc1ccc(NC(=O)CSc2nc3cc(OC)ccc3cc2C)cc1. The van der Waals surface area contributed by atoms with Crippen LogP contribution < -0.4 is 15.4 Å². The van der Waals surface area contributed by atoms with E-state index in [4.69, 9.17) is 4.74 Å². The second-order valence-corrected chi connectivity index (χ2v) is 7.45. The molecule has 0 atom stereocenters. The summed E-state index contributed by atoms with van der Waals surface area (Å²) < 4.78 is 5.26. The first-order chi connectivity index (χ1) is 14.0. The number of hydrogen-bond acceptors (Lipinski definition) is 5. The van der Waals surface area contributed by atoms with Gasteiger partial charge in [0, 0.05) is 29.2 Å². The minimum atomic E-state index is -0.118. The molecular formula is C22H23N3O3S. The molecule has 1 aromatic heterocycles. The Morgan fingerprint density at radius 1 is 1.00 bits per heavy atom. The molecule has 0 saturated carbocycles. The molecular weight excluding hydrogens is 386 g/mol. The van der Waals surface area contributed by atoms with E-state index in [0.29, 0.717) is 17.8 Å². The van der Waals surface area contributed by atoms with Crippen LogP contribution in [0.5, 0.6) is 5.75 Å². The van der Waals surface area contributed by atoms with Crippen LogP contribution in [0.3, 0.4) is 0 Å². The Hall–Kier alpha value is -3.06. The number of hydrogen-bond donors (Lipinski definition) is 2. The normalized spacial score (nSPS) is 10.6. The monoisotopic (exact) mass is 409 g/mol. The molecule has 0 aliphatic heterocycles. The predicted molar refractivity (Wildman–Crippen MR) is 118 cm³/mol. The van der Waals surface area contributed by atoms with Crippen molar-refractivity contribution in [3.8, 4) is 5.75 Å². The van der Waals surface area contributed by atoms with E-state index in [1.807, 2.05) is 25.1 Å². The second-order valence-electron chi connectivity index (χ2n) is 6.48. The Kier molecular flexibility index (Phi) is 6.72. The Bertz CT molecular complexity index is 1040. The number of rotatable bonds is 7. The lowest BCUT2D eigenvalue weighted by atomic mass is 10.2. The fourth-order valence-corrected chi connectivity index (χ4v) is 3.51. The zero-order chi connectivity index (χ0) is 20.8. The van der Waals surface area contributed by atoms with Crippen molar-refractivity contribution in [2.24, 2.45) is 0 Å². The summed E-state index contributed by atoms with van der Waals surface area (Å²) in [4.78, 5) is 28.4. The average Bonchev–Trinajstić information content (AvgIpc) is 2.73. The number of nitrogens with zero attached hydrogens (tertiary/aromatic N) is 1. The van der Waals surface area contributed by atoms with Gasteiger partial charge in [-0.1, -0.05) is 18.7 Å². The van der Waals surface area contributed by atoms with Crippen LogP contribution in [-0.4, -0.2) is 29.7 Å². The third-order valence-corrected chi connectivity index (χ3v) is 5.38. The number of nitrogens with one attached hydrogen (secondary N) is 2. The molecule has 0 aliphatic carbocycles. The number of methoxy groups -OCH3 is 1. The van der Waals surface area contributed by atoms with Crippen LogP contribution in [0.25, 0.3) is 10.9 Å². The molecule has 0 fully saturated rings. The smallest absolute Gasteiger partial charge is 0.234 e. The highest BCUT2D eigenvalue weighted by molar-refractivity contribution is 8.00. The maximum absolute atomic E-state index is 12.3. The van der Waals surface area contributed by atoms with Crippen molar-refractivity contribution >= 4 is 45.9 Å². The quantitative estimate of drug-likeness (QED) is 0.556. The Balaban J connectivity index is 1.61. The first kappa shape index (κ1) is 20.7. The summed E-state index contributed by atoms with van der Waals surface area (Å²) in [5, 5.41) is 7.49.